The molecule has 0 saturated heterocycles. The fourth-order valence-electron chi connectivity index (χ4n) is 2.60. The van der Waals surface area contributed by atoms with Gasteiger partial charge < -0.3 is 5.73 Å². The summed E-state index contributed by atoms with van der Waals surface area (Å²) in [6.07, 6.45) is 4.06. The minimum Gasteiger partial charge on any atom is -0.324 e. The van der Waals surface area contributed by atoms with Crippen molar-refractivity contribution >= 4 is 10.9 Å². The lowest BCUT2D eigenvalue weighted by atomic mass is 10.00. The summed E-state index contributed by atoms with van der Waals surface area (Å²) < 4.78 is 1.92. The molecule has 3 rings (SSSR count). The number of rotatable bonds is 4. The van der Waals surface area contributed by atoms with Gasteiger partial charge in [0, 0.05) is 30.1 Å². The molecule has 0 amide bonds. The van der Waals surface area contributed by atoms with Gasteiger partial charge in [0.2, 0.25) is 0 Å². The maximum absolute atomic E-state index is 6.41. The van der Waals surface area contributed by atoms with Crippen molar-refractivity contribution in [3.63, 3.8) is 0 Å². The van der Waals surface area contributed by atoms with Crippen LogP contribution < -0.4 is 5.73 Å². The topological polar surface area (TPSA) is 69.6 Å². The molecule has 108 valence electrons. The van der Waals surface area contributed by atoms with E-state index in [0.29, 0.717) is 6.42 Å². The van der Waals surface area contributed by atoms with E-state index in [1.807, 2.05) is 35.1 Å². The summed E-state index contributed by atoms with van der Waals surface area (Å²) in [5.74, 6) is 0.915. The molecule has 0 aliphatic carbocycles. The molecule has 0 aliphatic heterocycles. The SMILES string of the molecule is CC(C)n1ncnc1CC(N)c1ccnc2ccccc12. The number of pyridine rings is 1. The molecular weight excluding hydrogens is 262 g/mol. The quantitative estimate of drug-likeness (QED) is 0.798. The van der Waals surface area contributed by atoms with Gasteiger partial charge in [0.15, 0.2) is 0 Å². The summed E-state index contributed by atoms with van der Waals surface area (Å²) in [6, 6.07) is 10.2. The van der Waals surface area contributed by atoms with Gasteiger partial charge >= 0.3 is 0 Å². The molecule has 0 radical (unpaired) electrons. The Kier molecular flexibility index (Phi) is 3.66. The fourth-order valence-corrected chi connectivity index (χ4v) is 2.60. The van der Waals surface area contributed by atoms with Crippen molar-refractivity contribution in [1.82, 2.24) is 19.7 Å². The fraction of sp³-hybridized carbons (Fsp3) is 0.312. The van der Waals surface area contributed by atoms with Gasteiger partial charge in [-0.3, -0.25) is 4.98 Å². The molecule has 1 atom stereocenters. The highest BCUT2D eigenvalue weighted by molar-refractivity contribution is 5.82. The summed E-state index contributed by atoms with van der Waals surface area (Å²) in [7, 11) is 0. The number of aromatic nitrogens is 4. The first-order valence-corrected chi connectivity index (χ1v) is 7.14. The summed E-state index contributed by atoms with van der Waals surface area (Å²) in [4.78, 5) is 8.72. The molecule has 2 N–H and O–H groups in total. The van der Waals surface area contributed by atoms with E-state index in [9.17, 15) is 0 Å². The Labute approximate surface area is 123 Å². The molecule has 1 aromatic carbocycles. The molecular formula is C16H19N5. The predicted molar refractivity (Wildman–Crippen MR) is 82.8 cm³/mol. The molecule has 5 heteroatoms. The van der Waals surface area contributed by atoms with Gasteiger partial charge in [-0.15, -0.1) is 0 Å². The van der Waals surface area contributed by atoms with Crippen LogP contribution >= 0.6 is 0 Å². The van der Waals surface area contributed by atoms with Crippen LogP contribution in [0.3, 0.4) is 0 Å². The van der Waals surface area contributed by atoms with E-state index in [2.05, 4.69) is 35.0 Å². The van der Waals surface area contributed by atoms with Gasteiger partial charge in [-0.2, -0.15) is 5.10 Å². The molecule has 2 aromatic heterocycles. The minimum absolute atomic E-state index is 0.125. The van der Waals surface area contributed by atoms with Crippen molar-refractivity contribution in [1.29, 1.82) is 0 Å². The predicted octanol–water partition coefficient (Wildman–Crippen LogP) is 2.65. The molecule has 0 spiro atoms. The average molecular weight is 281 g/mol. The molecule has 0 aliphatic rings. The number of para-hydroxylation sites is 1. The van der Waals surface area contributed by atoms with E-state index in [-0.39, 0.29) is 12.1 Å². The molecule has 0 bridgehead atoms. The number of hydrogen-bond donors (Lipinski definition) is 1. The third-order valence-corrected chi connectivity index (χ3v) is 3.62. The van der Waals surface area contributed by atoms with E-state index in [1.54, 1.807) is 6.33 Å². The van der Waals surface area contributed by atoms with E-state index in [4.69, 9.17) is 5.73 Å². The van der Waals surface area contributed by atoms with Gasteiger partial charge in [-0.25, -0.2) is 9.67 Å². The Morgan fingerprint density at radius 1 is 1.14 bits per heavy atom. The van der Waals surface area contributed by atoms with E-state index in [0.717, 1.165) is 22.3 Å². The Morgan fingerprint density at radius 2 is 1.95 bits per heavy atom. The zero-order valence-corrected chi connectivity index (χ0v) is 12.3. The molecule has 3 aromatic rings. The van der Waals surface area contributed by atoms with Crippen LogP contribution in [0.4, 0.5) is 0 Å². The maximum Gasteiger partial charge on any atom is 0.138 e. The largest absolute Gasteiger partial charge is 0.324 e. The van der Waals surface area contributed by atoms with Crippen molar-refractivity contribution in [2.24, 2.45) is 5.73 Å². The van der Waals surface area contributed by atoms with Crippen LogP contribution in [0.1, 0.15) is 37.3 Å². The van der Waals surface area contributed by atoms with Crippen molar-refractivity contribution in [2.45, 2.75) is 32.4 Å². The number of hydrogen-bond acceptors (Lipinski definition) is 4. The molecule has 0 saturated carbocycles. The minimum atomic E-state index is -0.125. The average Bonchev–Trinajstić information content (AvgIpc) is 2.95. The maximum atomic E-state index is 6.41. The Balaban J connectivity index is 1.94. The monoisotopic (exact) mass is 281 g/mol. The summed E-state index contributed by atoms with van der Waals surface area (Å²) in [6.45, 7) is 4.18. The van der Waals surface area contributed by atoms with Crippen molar-refractivity contribution in [3.8, 4) is 0 Å². The van der Waals surface area contributed by atoms with Crippen LogP contribution in [-0.4, -0.2) is 19.7 Å². The molecule has 21 heavy (non-hydrogen) atoms. The van der Waals surface area contributed by atoms with E-state index >= 15 is 0 Å². The van der Waals surface area contributed by atoms with Crippen LogP contribution in [0.5, 0.6) is 0 Å². The zero-order chi connectivity index (χ0) is 14.8. The third kappa shape index (κ3) is 2.64. The molecule has 0 fully saturated rings. The number of nitrogens with two attached hydrogens (primary N) is 1. The van der Waals surface area contributed by atoms with Crippen LogP contribution in [0.15, 0.2) is 42.9 Å². The second kappa shape index (κ2) is 5.61. The van der Waals surface area contributed by atoms with Crippen molar-refractivity contribution in [3.05, 3.63) is 54.2 Å². The zero-order valence-electron chi connectivity index (χ0n) is 12.3. The van der Waals surface area contributed by atoms with Crippen LogP contribution in [-0.2, 0) is 6.42 Å². The van der Waals surface area contributed by atoms with Crippen molar-refractivity contribution < 1.29 is 0 Å². The molecule has 5 nitrogen and oxygen atoms in total. The van der Waals surface area contributed by atoms with Gasteiger partial charge in [-0.1, -0.05) is 18.2 Å². The summed E-state index contributed by atoms with van der Waals surface area (Å²) >= 11 is 0. The normalized spacial score (nSPS) is 13.0. The second-order valence-electron chi connectivity index (χ2n) is 5.44. The second-order valence-corrected chi connectivity index (χ2v) is 5.44. The van der Waals surface area contributed by atoms with Gasteiger partial charge in [0.1, 0.15) is 12.2 Å². The van der Waals surface area contributed by atoms with E-state index < -0.39 is 0 Å². The highest BCUT2D eigenvalue weighted by Gasteiger charge is 2.15. The van der Waals surface area contributed by atoms with Crippen molar-refractivity contribution in [2.75, 3.05) is 0 Å². The number of nitrogens with zero attached hydrogens (tertiary/aromatic N) is 4. The lowest BCUT2D eigenvalue weighted by Gasteiger charge is -2.16. The third-order valence-electron chi connectivity index (χ3n) is 3.62. The Morgan fingerprint density at radius 3 is 2.76 bits per heavy atom. The first-order valence-electron chi connectivity index (χ1n) is 7.14. The van der Waals surface area contributed by atoms with E-state index in [1.165, 1.54) is 0 Å². The van der Waals surface area contributed by atoms with Crippen LogP contribution in [0, 0.1) is 0 Å². The lowest BCUT2D eigenvalue weighted by Crippen LogP contribution is -2.18. The van der Waals surface area contributed by atoms with Gasteiger partial charge in [-0.05, 0) is 31.5 Å². The van der Waals surface area contributed by atoms with Crippen LogP contribution in [0.25, 0.3) is 10.9 Å². The molecule has 2 heterocycles. The Hall–Kier alpha value is -2.27. The summed E-state index contributed by atoms with van der Waals surface area (Å²) in [5.41, 5.74) is 8.48. The smallest absolute Gasteiger partial charge is 0.138 e. The summed E-state index contributed by atoms with van der Waals surface area (Å²) in [5, 5.41) is 5.36. The lowest BCUT2D eigenvalue weighted by molar-refractivity contribution is 0.493. The molecule has 1 unspecified atom stereocenters. The Bertz CT molecular complexity index is 742. The first kappa shape index (κ1) is 13.7. The standard InChI is InChI=1S/C16H19N5/c1-11(2)21-16(19-10-20-21)9-14(17)12-7-8-18-15-6-4-3-5-13(12)15/h3-8,10-11,14H,9,17H2,1-2H3. The van der Waals surface area contributed by atoms with Gasteiger partial charge in [0.25, 0.3) is 0 Å². The highest BCUT2D eigenvalue weighted by atomic mass is 15.3. The number of benzene rings is 1. The first-order chi connectivity index (χ1) is 10.2. The number of fused-ring (bicyclic) bond motifs is 1. The van der Waals surface area contributed by atoms with Gasteiger partial charge in [0.05, 0.1) is 5.52 Å². The van der Waals surface area contributed by atoms with Crippen LogP contribution in [0.2, 0.25) is 0 Å². The highest BCUT2D eigenvalue weighted by Crippen LogP contribution is 2.23.